The van der Waals surface area contributed by atoms with E-state index >= 15 is 0 Å². The van der Waals surface area contributed by atoms with Gasteiger partial charge in [-0.15, -0.1) is 24.8 Å². The summed E-state index contributed by atoms with van der Waals surface area (Å²) in [6.07, 6.45) is 6.17. The molecule has 0 aromatic rings. The summed E-state index contributed by atoms with van der Waals surface area (Å²) in [5.74, 6) is 0. The van der Waals surface area contributed by atoms with E-state index < -0.39 is 0 Å². The number of unbranched alkanes of at least 4 members (excludes halogenated alkanes) is 3. The maximum atomic E-state index is 6.66. The molecule has 0 aromatic carbocycles. The molecular formula is C6H15Cl2N. The van der Waals surface area contributed by atoms with Gasteiger partial charge in [0.2, 0.25) is 0 Å². The Kier molecular flexibility index (Phi) is 28.2. The van der Waals surface area contributed by atoms with Crippen molar-refractivity contribution in [2.45, 2.75) is 32.6 Å². The van der Waals surface area contributed by atoms with Gasteiger partial charge in [-0.25, -0.2) is 0 Å². The van der Waals surface area contributed by atoms with Gasteiger partial charge in [0.25, 0.3) is 0 Å². The standard InChI is InChI=1S/C6H13N.2ClH/c1-2-3-4-5-6-7;;/h6-7H,2-5H2,1H3;2*1H. The van der Waals surface area contributed by atoms with Crippen molar-refractivity contribution in [3.05, 3.63) is 0 Å². The van der Waals surface area contributed by atoms with Crippen LogP contribution in [0.25, 0.3) is 0 Å². The quantitative estimate of drug-likeness (QED) is 0.497. The van der Waals surface area contributed by atoms with Crippen LogP contribution in [0, 0.1) is 5.41 Å². The molecule has 0 fully saturated rings. The van der Waals surface area contributed by atoms with Gasteiger partial charge in [-0.1, -0.05) is 19.8 Å². The Morgan fingerprint density at radius 1 is 1.22 bits per heavy atom. The summed E-state index contributed by atoms with van der Waals surface area (Å²) in [5, 5.41) is 6.66. The van der Waals surface area contributed by atoms with Crippen LogP contribution in [0.5, 0.6) is 0 Å². The third-order valence-corrected chi connectivity index (χ3v) is 0.952. The molecule has 0 bridgehead atoms. The van der Waals surface area contributed by atoms with Gasteiger partial charge >= 0.3 is 0 Å². The van der Waals surface area contributed by atoms with E-state index in [0.717, 1.165) is 6.42 Å². The van der Waals surface area contributed by atoms with Gasteiger partial charge in [0, 0.05) is 0 Å². The first-order valence-corrected chi connectivity index (χ1v) is 2.90. The Balaban J connectivity index is -0.000000180. The first kappa shape index (κ1) is 16.1. The molecule has 0 aliphatic heterocycles. The van der Waals surface area contributed by atoms with Gasteiger partial charge in [0.05, 0.1) is 0 Å². The molecule has 0 aliphatic carbocycles. The number of rotatable bonds is 4. The van der Waals surface area contributed by atoms with Crippen molar-refractivity contribution in [3.63, 3.8) is 0 Å². The van der Waals surface area contributed by atoms with Crippen LogP contribution in [0.1, 0.15) is 32.6 Å². The predicted molar refractivity (Wildman–Crippen MR) is 47.4 cm³/mol. The molecule has 0 amide bonds. The SMILES string of the molecule is CCCCCC=N.Cl.Cl. The molecular weight excluding hydrogens is 157 g/mol. The topological polar surface area (TPSA) is 23.9 Å². The van der Waals surface area contributed by atoms with Crippen LogP contribution in [0.15, 0.2) is 0 Å². The van der Waals surface area contributed by atoms with E-state index in [-0.39, 0.29) is 24.8 Å². The Bertz CT molecular complexity index is 48.3. The summed E-state index contributed by atoms with van der Waals surface area (Å²) in [6, 6.07) is 0. The van der Waals surface area contributed by atoms with Gasteiger partial charge in [-0.2, -0.15) is 0 Å². The van der Waals surface area contributed by atoms with Crippen molar-refractivity contribution in [3.8, 4) is 0 Å². The molecule has 0 aromatic heterocycles. The lowest BCUT2D eigenvalue weighted by molar-refractivity contribution is 0.745. The molecule has 0 unspecified atom stereocenters. The van der Waals surface area contributed by atoms with Crippen LogP contribution in [0.3, 0.4) is 0 Å². The third kappa shape index (κ3) is 17.8. The average Bonchev–Trinajstić information content (AvgIpc) is 1.69. The normalized spacial score (nSPS) is 6.78. The van der Waals surface area contributed by atoms with Crippen molar-refractivity contribution < 1.29 is 0 Å². The zero-order valence-corrected chi connectivity index (χ0v) is 7.36. The van der Waals surface area contributed by atoms with Crippen molar-refractivity contribution in [1.82, 2.24) is 0 Å². The molecule has 1 nitrogen and oxygen atoms in total. The average molecular weight is 172 g/mol. The molecule has 58 valence electrons. The van der Waals surface area contributed by atoms with Crippen molar-refractivity contribution >= 4 is 31.0 Å². The van der Waals surface area contributed by atoms with Crippen molar-refractivity contribution in [2.75, 3.05) is 0 Å². The highest BCUT2D eigenvalue weighted by molar-refractivity contribution is 5.85. The molecule has 9 heavy (non-hydrogen) atoms. The lowest BCUT2D eigenvalue weighted by atomic mass is 10.2. The smallest absolute Gasteiger partial charge is 0.00477 e. The minimum atomic E-state index is 0. The van der Waals surface area contributed by atoms with Gasteiger partial charge in [0.15, 0.2) is 0 Å². The van der Waals surface area contributed by atoms with E-state index in [2.05, 4.69) is 6.92 Å². The van der Waals surface area contributed by atoms with E-state index in [1.165, 1.54) is 25.5 Å². The van der Waals surface area contributed by atoms with E-state index in [1.807, 2.05) is 0 Å². The molecule has 0 rings (SSSR count). The lowest BCUT2D eigenvalue weighted by Gasteiger charge is -1.87. The second kappa shape index (κ2) is 15.7. The summed E-state index contributed by atoms with van der Waals surface area (Å²) in [5.41, 5.74) is 0. The molecule has 0 saturated heterocycles. The van der Waals surface area contributed by atoms with Crippen LogP contribution in [0.2, 0.25) is 0 Å². The van der Waals surface area contributed by atoms with Gasteiger partial charge in [0.1, 0.15) is 0 Å². The highest BCUT2D eigenvalue weighted by Crippen LogP contribution is 1.94. The highest BCUT2D eigenvalue weighted by Gasteiger charge is 1.78. The van der Waals surface area contributed by atoms with E-state index in [4.69, 9.17) is 5.41 Å². The Labute approximate surface area is 69.6 Å². The van der Waals surface area contributed by atoms with E-state index in [1.54, 1.807) is 0 Å². The first-order chi connectivity index (χ1) is 3.41. The molecule has 0 heterocycles. The van der Waals surface area contributed by atoms with E-state index in [9.17, 15) is 0 Å². The number of halogens is 2. The maximum absolute atomic E-state index is 6.66. The maximum Gasteiger partial charge on any atom is -0.00477 e. The second-order valence-corrected chi connectivity index (χ2v) is 1.70. The van der Waals surface area contributed by atoms with Crippen LogP contribution in [0.4, 0.5) is 0 Å². The molecule has 0 atom stereocenters. The summed E-state index contributed by atoms with van der Waals surface area (Å²) < 4.78 is 0. The predicted octanol–water partition coefficient (Wildman–Crippen LogP) is 3.06. The van der Waals surface area contributed by atoms with Crippen molar-refractivity contribution in [2.24, 2.45) is 0 Å². The summed E-state index contributed by atoms with van der Waals surface area (Å²) in [6.45, 7) is 2.17. The zero-order chi connectivity index (χ0) is 5.54. The minimum absolute atomic E-state index is 0. The summed E-state index contributed by atoms with van der Waals surface area (Å²) in [4.78, 5) is 0. The molecule has 0 spiro atoms. The lowest BCUT2D eigenvalue weighted by Crippen LogP contribution is -1.73. The fourth-order valence-corrected chi connectivity index (χ4v) is 0.496. The highest BCUT2D eigenvalue weighted by atomic mass is 35.5. The van der Waals surface area contributed by atoms with Crippen LogP contribution >= 0.6 is 24.8 Å². The van der Waals surface area contributed by atoms with Crippen LogP contribution in [-0.2, 0) is 0 Å². The van der Waals surface area contributed by atoms with Crippen LogP contribution in [-0.4, -0.2) is 6.21 Å². The fourth-order valence-electron chi connectivity index (χ4n) is 0.496. The first-order valence-electron chi connectivity index (χ1n) is 2.90. The largest absolute Gasteiger partial charge is 0.313 e. The number of nitrogens with one attached hydrogen (secondary N) is 1. The number of hydrogen-bond acceptors (Lipinski definition) is 1. The molecule has 1 N–H and O–H groups in total. The number of hydrogen-bond donors (Lipinski definition) is 1. The molecule has 0 radical (unpaired) electrons. The Morgan fingerprint density at radius 3 is 2.11 bits per heavy atom. The third-order valence-electron chi connectivity index (χ3n) is 0.952. The summed E-state index contributed by atoms with van der Waals surface area (Å²) >= 11 is 0. The minimum Gasteiger partial charge on any atom is -0.313 e. The monoisotopic (exact) mass is 171 g/mol. The Hall–Kier alpha value is 0.250. The van der Waals surface area contributed by atoms with Gasteiger partial charge in [-0.3, -0.25) is 0 Å². The van der Waals surface area contributed by atoms with Crippen molar-refractivity contribution in [1.29, 1.82) is 5.41 Å². The second-order valence-electron chi connectivity index (χ2n) is 1.70. The summed E-state index contributed by atoms with van der Waals surface area (Å²) in [7, 11) is 0. The molecule has 0 saturated carbocycles. The van der Waals surface area contributed by atoms with Gasteiger partial charge in [-0.05, 0) is 19.1 Å². The molecule has 3 heteroatoms. The fraction of sp³-hybridized carbons (Fsp3) is 0.833. The molecule has 0 aliphatic rings. The van der Waals surface area contributed by atoms with E-state index in [0.29, 0.717) is 0 Å². The zero-order valence-electron chi connectivity index (χ0n) is 5.72. The van der Waals surface area contributed by atoms with Gasteiger partial charge < -0.3 is 5.41 Å². The Morgan fingerprint density at radius 2 is 1.78 bits per heavy atom. The van der Waals surface area contributed by atoms with Crippen LogP contribution < -0.4 is 0 Å².